The zero-order valence-corrected chi connectivity index (χ0v) is 7.96. The smallest absolute Gasteiger partial charge is 0.239 e. The average molecular weight is 188 g/mol. The van der Waals surface area contributed by atoms with Crippen LogP contribution < -0.4 is 5.73 Å². The maximum atomic E-state index is 5.45. The van der Waals surface area contributed by atoms with Crippen molar-refractivity contribution in [3.8, 4) is 0 Å². The molecule has 1 aromatic heterocycles. The molecule has 0 aliphatic carbocycles. The second kappa shape index (κ2) is 3.49. The molecule has 1 aromatic carbocycles. The third kappa shape index (κ3) is 1.59. The number of nitrogens with zero attached hydrogens (tertiary/aromatic N) is 3. The van der Waals surface area contributed by atoms with Gasteiger partial charge >= 0.3 is 0 Å². The summed E-state index contributed by atoms with van der Waals surface area (Å²) in [7, 11) is 0. The predicted octanol–water partition coefficient (Wildman–Crippen LogP) is 1.47. The van der Waals surface area contributed by atoms with Crippen molar-refractivity contribution in [1.82, 2.24) is 14.8 Å². The van der Waals surface area contributed by atoms with Gasteiger partial charge in [-0.1, -0.05) is 30.3 Å². The molecule has 0 spiro atoms. The second-order valence-electron chi connectivity index (χ2n) is 3.17. The molecule has 2 N–H and O–H groups in total. The van der Waals surface area contributed by atoms with Gasteiger partial charge in [0.2, 0.25) is 5.95 Å². The van der Waals surface area contributed by atoms with E-state index in [2.05, 4.69) is 29.1 Å². The summed E-state index contributed by atoms with van der Waals surface area (Å²) < 4.78 is 1.75. The van der Waals surface area contributed by atoms with E-state index >= 15 is 0 Å². The van der Waals surface area contributed by atoms with Crippen LogP contribution in [0.1, 0.15) is 18.5 Å². The van der Waals surface area contributed by atoms with Gasteiger partial charge in [-0.05, 0) is 12.5 Å². The zero-order valence-electron chi connectivity index (χ0n) is 7.96. The lowest BCUT2D eigenvalue weighted by atomic mass is 10.1. The molecule has 4 heteroatoms. The van der Waals surface area contributed by atoms with Crippen LogP contribution in [0.15, 0.2) is 36.7 Å². The summed E-state index contributed by atoms with van der Waals surface area (Å²) in [4.78, 5) is 3.89. The Balaban J connectivity index is 2.29. The molecule has 4 nitrogen and oxygen atoms in total. The van der Waals surface area contributed by atoms with Crippen molar-refractivity contribution in [2.24, 2.45) is 0 Å². The molecule has 0 saturated carbocycles. The molecule has 0 bridgehead atoms. The number of nitrogen functional groups attached to an aromatic ring is 1. The van der Waals surface area contributed by atoms with Gasteiger partial charge in [0.1, 0.15) is 6.33 Å². The van der Waals surface area contributed by atoms with E-state index in [4.69, 9.17) is 5.73 Å². The van der Waals surface area contributed by atoms with Crippen LogP contribution in [0.25, 0.3) is 0 Å². The first kappa shape index (κ1) is 8.74. The number of hydrogen-bond acceptors (Lipinski definition) is 3. The molecule has 1 unspecified atom stereocenters. The summed E-state index contributed by atoms with van der Waals surface area (Å²) >= 11 is 0. The molecule has 0 aliphatic heterocycles. The Kier molecular flexibility index (Phi) is 2.18. The Labute approximate surface area is 82.4 Å². The fraction of sp³-hybridized carbons (Fsp3) is 0.200. The molecule has 2 aromatic rings. The van der Waals surface area contributed by atoms with Crippen LogP contribution in [0.2, 0.25) is 0 Å². The molecule has 14 heavy (non-hydrogen) atoms. The van der Waals surface area contributed by atoms with Gasteiger partial charge in [0.05, 0.1) is 6.04 Å². The summed E-state index contributed by atoms with van der Waals surface area (Å²) in [5, 5.41) is 4.07. The lowest BCUT2D eigenvalue weighted by molar-refractivity contribution is 0.564. The highest BCUT2D eigenvalue weighted by molar-refractivity contribution is 5.19. The van der Waals surface area contributed by atoms with Gasteiger partial charge in [0.25, 0.3) is 0 Å². The first-order chi connectivity index (χ1) is 6.77. The molecule has 1 heterocycles. The number of hydrogen-bond donors (Lipinski definition) is 1. The van der Waals surface area contributed by atoms with Crippen LogP contribution in [0.5, 0.6) is 0 Å². The highest BCUT2D eigenvalue weighted by Gasteiger charge is 2.07. The Morgan fingerprint density at radius 3 is 2.57 bits per heavy atom. The normalized spacial score (nSPS) is 12.6. The van der Waals surface area contributed by atoms with Crippen LogP contribution in [-0.2, 0) is 0 Å². The number of anilines is 1. The van der Waals surface area contributed by atoms with Crippen molar-refractivity contribution >= 4 is 5.95 Å². The summed E-state index contributed by atoms with van der Waals surface area (Å²) in [5.41, 5.74) is 6.64. The first-order valence-corrected chi connectivity index (χ1v) is 4.49. The van der Waals surface area contributed by atoms with Crippen molar-refractivity contribution in [1.29, 1.82) is 0 Å². The van der Waals surface area contributed by atoms with E-state index < -0.39 is 0 Å². The van der Waals surface area contributed by atoms with E-state index in [-0.39, 0.29) is 6.04 Å². The van der Waals surface area contributed by atoms with E-state index in [1.54, 1.807) is 11.0 Å². The van der Waals surface area contributed by atoms with Gasteiger partial charge in [-0.15, -0.1) is 5.10 Å². The van der Waals surface area contributed by atoms with Crippen LogP contribution in [0.4, 0.5) is 5.95 Å². The summed E-state index contributed by atoms with van der Waals surface area (Å²) in [6, 6.07) is 10.3. The molecule has 0 fully saturated rings. The van der Waals surface area contributed by atoms with E-state index in [9.17, 15) is 0 Å². The van der Waals surface area contributed by atoms with Gasteiger partial charge < -0.3 is 5.73 Å². The fourth-order valence-electron chi connectivity index (χ4n) is 1.36. The van der Waals surface area contributed by atoms with Crippen molar-refractivity contribution < 1.29 is 0 Å². The molecule has 0 aliphatic rings. The molecular formula is C10H12N4. The third-order valence-electron chi connectivity index (χ3n) is 2.21. The third-order valence-corrected chi connectivity index (χ3v) is 2.21. The fourth-order valence-corrected chi connectivity index (χ4v) is 1.36. The SMILES string of the molecule is CC(c1ccccc1)n1cnc(N)n1. The lowest BCUT2D eigenvalue weighted by Gasteiger charge is -2.10. The van der Waals surface area contributed by atoms with Crippen LogP contribution in [0.3, 0.4) is 0 Å². The van der Waals surface area contributed by atoms with Crippen molar-refractivity contribution in [2.45, 2.75) is 13.0 Å². The first-order valence-electron chi connectivity index (χ1n) is 4.49. The highest BCUT2D eigenvalue weighted by Crippen LogP contribution is 2.15. The summed E-state index contributed by atoms with van der Waals surface area (Å²) in [6.07, 6.45) is 1.65. The largest absolute Gasteiger partial charge is 0.367 e. The van der Waals surface area contributed by atoms with Gasteiger partial charge in [-0.3, -0.25) is 0 Å². The maximum Gasteiger partial charge on any atom is 0.239 e. The minimum absolute atomic E-state index is 0.168. The van der Waals surface area contributed by atoms with Crippen LogP contribution in [-0.4, -0.2) is 14.8 Å². The second-order valence-corrected chi connectivity index (χ2v) is 3.17. The van der Waals surface area contributed by atoms with Gasteiger partial charge in [0, 0.05) is 0 Å². The number of aromatic nitrogens is 3. The van der Waals surface area contributed by atoms with Gasteiger partial charge in [-0.2, -0.15) is 0 Å². The standard InChI is InChI=1S/C10H12N4/c1-8(9-5-3-2-4-6-9)14-7-12-10(11)13-14/h2-8H,1H3,(H2,11,13). The molecular weight excluding hydrogens is 176 g/mol. The minimum atomic E-state index is 0.168. The van der Waals surface area contributed by atoms with E-state index in [1.807, 2.05) is 18.2 Å². The Morgan fingerprint density at radius 2 is 2.00 bits per heavy atom. The molecule has 0 saturated heterocycles. The van der Waals surface area contributed by atoms with Crippen molar-refractivity contribution in [2.75, 3.05) is 5.73 Å². The highest BCUT2D eigenvalue weighted by atomic mass is 15.4. The zero-order chi connectivity index (χ0) is 9.97. The maximum absolute atomic E-state index is 5.45. The molecule has 1 atom stereocenters. The molecule has 72 valence electrons. The topological polar surface area (TPSA) is 56.7 Å². The Hall–Kier alpha value is -1.84. The summed E-state index contributed by atoms with van der Waals surface area (Å²) in [6.45, 7) is 2.06. The van der Waals surface area contributed by atoms with Gasteiger partial charge in [0.15, 0.2) is 0 Å². The number of benzene rings is 1. The van der Waals surface area contributed by atoms with E-state index in [1.165, 1.54) is 5.56 Å². The number of nitrogens with two attached hydrogens (primary N) is 1. The lowest BCUT2D eigenvalue weighted by Crippen LogP contribution is -2.07. The monoisotopic (exact) mass is 188 g/mol. The Morgan fingerprint density at radius 1 is 1.29 bits per heavy atom. The quantitative estimate of drug-likeness (QED) is 0.776. The Bertz CT molecular complexity index is 407. The van der Waals surface area contributed by atoms with Crippen molar-refractivity contribution in [3.63, 3.8) is 0 Å². The van der Waals surface area contributed by atoms with E-state index in [0.717, 1.165) is 0 Å². The molecule has 0 amide bonds. The van der Waals surface area contributed by atoms with E-state index in [0.29, 0.717) is 5.95 Å². The molecule has 0 radical (unpaired) electrons. The predicted molar refractivity (Wildman–Crippen MR) is 54.7 cm³/mol. The van der Waals surface area contributed by atoms with Crippen molar-refractivity contribution in [3.05, 3.63) is 42.2 Å². The van der Waals surface area contributed by atoms with Gasteiger partial charge in [-0.25, -0.2) is 9.67 Å². The number of rotatable bonds is 2. The minimum Gasteiger partial charge on any atom is -0.367 e. The average Bonchev–Trinajstić information content (AvgIpc) is 2.65. The summed E-state index contributed by atoms with van der Waals surface area (Å²) in [5.74, 6) is 0.313. The van der Waals surface area contributed by atoms with Crippen LogP contribution in [0, 0.1) is 0 Å². The molecule has 2 rings (SSSR count). The van der Waals surface area contributed by atoms with Crippen LogP contribution >= 0.6 is 0 Å².